The lowest BCUT2D eigenvalue weighted by molar-refractivity contribution is -0.130. The Kier molecular flexibility index (Phi) is 4.48. The van der Waals surface area contributed by atoms with Gasteiger partial charge in [0.25, 0.3) is 0 Å². The Morgan fingerprint density at radius 2 is 1.87 bits per heavy atom. The first-order chi connectivity index (χ1) is 11.3. The molecule has 0 saturated carbocycles. The van der Waals surface area contributed by atoms with E-state index >= 15 is 0 Å². The standard InChI is InChI=1S/C17H17N5O/c18-13-14-4-3-7-20-17(14)22-10-8-21(9-11-22)16(23)12-15-5-1-2-6-19-15/h1-7H,8-12H2. The van der Waals surface area contributed by atoms with Gasteiger partial charge in [-0.1, -0.05) is 6.07 Å². The quantitative estimate of drug-likeness (QED) is 0.853. The van der Waals surface area contributed by atoms with E-state index in [1.165, 1.54) is 0 Å². The predicted molar refractivity (Wildman–Crippen MR) is 85.7 cm³/mol. The molecule has 1 fully saturated rings. The van der Waals surface area contributed by atoms with Crippen LogP contribution in [0.3, 0.4) is 0 Å². The Morgan fingerprint density at radius 1 is 1.09 bits per heavy atom. The molecular weight excluding hydrogens is 290 g/mol. The van der Waals surface area contributed by atoms with E-state index in [1.807, 2.05) is 23.1 Å². The predicted octanol–water partition coefficient (Wildman–Crippen LogP) is 1.24. The third kappa shape index (κ3) is 3.46. The lowest BCUT2D eigenvalue weighted by Crippen LogP contribution is -2.49. The number of carbonyl (C=O) groups excluding carboxylic acids is 1. The van der Waals surface area contributed by atoms with Crippen molar-refractivity contribution >= 4 is 11.7 Å². The summed E-state index contributed by atoms with van der Waals surface area (Å²) >= 11 is 0. The van der Waals surface area contributed by atoms with Gasteiger partial charge in [-0.3, -0.25) is 9.78 Å². The lowest BCUT2D eigenvalue weighted by Gasteiger charge is -2.35. The van der Waals surface area contributed by atoms with Crippen LogP contribution in [0.2, 0.25) is 0 Å². The molecule has 0 aromatic carbocycles. The molecule has 6 nitrogen and oxygen atoms in total. The molecule has 0 radical (unpaired) electrons. The van der Waals surface area contributed by atoms with E-state index in [4.69, 9.17) is 5.26 Å². The first-order valence-electron chi connectivity index (χ1n) is 7.55. The average Bonchev–Trinajstić information content (AvgIpc) is 2.62. The van der Waals surface area contributed by atoms with Crippen molar-refractivity contribution in [1.29, 1.82) is 5.26 Å². The maximum Gasteiger partial charge on any atom is 0.228 e. The second-order valence-electron chi connectivity index (χ2n) is 5.35. The summed E-state index contributed by atoms with van der Waals surface area (Å²) in [6.45, 7) is 2.62. The number of hydrogen-bond acceptors (Lipinski definition) is 5. The highest BCUT2D eigenvalue weighted by molar-refractivity contribution is 5.78. The fraction of sp³-hybridized carbons (Fsp3) is 0.294. The van der Waals surface area contributed by atoms with Gasteiger partial charge in [0, 0.05) is 44.3 Å². The summed E-state index contributed by atoms with van der Waals surface area (Å²) in [6, 6.07) is 11.3. The molecule has 0 aliphatic carbocycles. The van der Waals surface area contributed by atoms with Crippen LogP contribution < -0.4 is 4.90 Å². The topological polar surface area (TPSA) is 73.1 Å². The van der Waals surface area contributed by atoms with Gasteiger partial charge in [-0.25, -0.2) is 4.98 Å². The van der Waals surface area contributed by atoms with Gasteiger partial charge in [0.2, 0.25) is 5.91 Å². The summed E-state index contributed by atoms with van der Waals surface area (Å²) in [5.41, 5.74) is 1.36. The smallest absolute Gasteiger partial charge is 0.228 e. The zero-order valence-electron chi connectivity index (χ0n) is 12.7. The molecule has 116 valence electrons. The molecule has 1 aliphatic heterocycles. The molecule has 0 atom stereocenters. The summed E-state index contributed by atoms with van der Waals surface area (Å²) in [6.07, 6.45) is 3.72. The second kappa shape index (κ2) is 6.88. The van der Waals surface area contributed by atoms with Crippen LogP contribution >= 0.6 is 0 Å². The van der Waals surface area contributed by atoms with Crippen LogP contribution in [0.25, 0.3) is 0 Å². The number of nitriles is 1. The molecule has 3 heterocycles. The van der Waals surface area contributed by atoms with Crippen LogP contribution in [0.15, 0.2) is 42.7 Å². The van der Waals surface area contributed by atoms with E-state index in [2.05, 4.69) is 20.9 Å². The number of aromatic nitrogens is 2. The highest BCUT2D eigenvalue weighted by Gasteiger charge is 2.23. The van der Waals surface area contributed by atoms with Gasteiger partial charge in [0.1, 0.15) is 11.9 Å². The Hall–Kier alpha value is -2.94. The van der Waals surface area contributed by atoms with Crippen molar-refractivity contribution in [3.05, 3.63) is 54.0 Å². The minimum absolute atomic E-state index is 0.0878. The SMILES string of the molecule is N#Cc1cccnc1N1CCN(C(=O)Cc2ccccn2)CC1. The number of hydrogen-bond donors (Lipinski definition) is 0. The van der Waals surface area contributed by atoms with Crippen LogP contribution in [-0.4, -0.2) is 47.0 Å². The van der Waals surface area contributed by atoms with E-state index in [1.54, 1.807) is 24.5 Å². The molecule has 1 amide bonds. The molecule has 2 aromatic heterocycles. The fourth-order valence-electron chi connectivity index (χ4n) is 2.67. The number of nitrogens with zero attached hydrogens (tertiary/aromatic N) is 5. The van der Waals surface area contributed by atoms with Gasteiger partial charge in [0.05, 0.1) is 12.0 Å². The minimum atomic E-state index is 0.0878. The van der Waals surface area contributed by atoms with Gasteiger partial charge >= 0.3 is 0 Å². The van der Waals surface area contributed by atoms with Crippen molar-refractivity contribution in [3.8, 4) is 6.07 Å². The minimum Gasteiger partial charge on any atom is -0.352 e. The summed E-state index contributed by atoms with van der Waals surface area (Å²) in [5, 5.41) is 9.17. The van der Waals surface area contributed by atoms with Crippen LogP contribution in [0.4, 0.5) is 5.82 Å². The van der Waals surface area contributed by atoms with E-state index < -0.39 is 0 Å². The lowest BCUT2D eigenvalue weighted by atomic mass is 10.2. The first-order valence-corrected chi connectivity index (χ1v) is 7.55. The third-order valence-electron chi connectivity index (χ3n) is 3.90. The highest BCUT2D eigenvalue weighted by atomic mass is 16.2. The molecule has 0 unspecified atom stereocenters. The van der Waals surface area contributed by atoms with Gasteiger partial charge in [-0.05, 0) is 24.3 Å². The normalized spacial score (nSPS) is 14.4. The van der Waals surface area contributed by atoms with Crippen molar-refractivity contribution in [3.63, 3.8) is 0 Å². The van der Waals surface area contributed by atoms with Gasteiger partial charge < -0.3 is 9.80 Å². The van der Waals surface area contributed by atoms with Crippen molar-refractivity contribution in [2.45, 2.75) is 6.42 Å². The maximum atomic E-state index is 12.3. The summed E-state index contributed by atoms with van der Waals surface area (Å²) in [7, 11) is 0. The van der Waals surface area contributed by atoms with Crippen LogP contribution in [-0.2, 0) is 11.2 Å². The van der Waals surface area contributed by atoms with E-state index in [0.717, 1.165) is 5.69 Å². The maximum absolute atomic E-state index is 12.3. The van der Waals surface area contributed by atoms with Crippen molar-refractivity contribution < 1.29 is 4.79 Å². The largest absolute Gasteiger partial charge is 0.352 e. The number of amides is 1. The van der Waals surface area contributed by atoms with E-state index in [0.29, 0.717) is 44.0 Å². The molecule has 1 saturated heterocycles. The molecule has 0 spiro atoms. The van der Waals surface area contributed by atoms with Crippen molar-refractivity contribution in [2.24, 2.45) is 0 Å². The summed E-state index contributed by atoms with van der Waals surface area (Å²) in [5.74, 6) is 0.789. The molecule has 0 bridgehead atoms. The van der Waals surface area contributed by atoms with Crippen molar-refractivity contribution in [2.75, 3.05) is 31.1 Å². The van der Waals surface area contributed by atoms with Crippen LogP contribution in [0.5, 0.6) is 0 Å². The number of rotatable bonds is 3. The molecule has 23 heavy (non-hydrogen) atoms. The van der Waals surface area contributed by atoms with Gasteiger partial charge in [-0.2, -0.15) is 5.26 Å². The zero-order chi connectivity index (χ0) is 16.1. The third-order valence-corrected chi connectivity index (χ3v) is 3.90. The second-order valence-corrected chi connectivity index (χ2v) is 5.35. The van der Waals surface area contributed by atoms with Crippen LogP contribution in [0.1, 0.15) is 11.3 Å². The van der Waals surface area contributed by atoms with Crippen molar-refractivity contribution in [1.82, 2.24) is 14.9 Å². The first kappa shape index (κ1) is 15.0. The molecule has 6 heteroatoms. The fourth-order valence-corrected chi connectivity index (χ4v) is 2.67. The number of carbonyl (C=O) groups is 1. The molecule has 0 N–H and O–H groups in total. The number of piperazine rings is 1. The molecular formula is C17H17N5O. The molecule has 2 aromatic rings. The average molecular weight is 307 g/mol. The molecule has 1 aliphatic rings. The Morgan fingerprint density at radius 3 is 2.57 bits per heavy atom. The van der Waals surface area contributed by atoms with Gasteiger partial charge in [0.15, 0.2) is 0 Å². The molecule has 3 rings (SSSR count). The number of anilines is 1. The Bertz CT molecular complexity index is 717. The Balaban J connectivity index is 1.60. The number of pyridine rings is 2. The van der Waals surface area contributed by atoms with E-state index in [-0.39, 0.29) is 5.91 Å². The zero-order valence-corrected chi connectivity index (χ0v) is 12.7. The highest BCUT2D eigenvalue weighted by Crippen LogP contribution is 2.18. The van der Waals surface area contributed by atoms with E-state index in [9.17, 15) is 4.79 Å². The van der Waals surface area contributed by atoms with Crippen LogP contribution in [0, 0.1) is 11.3 Å². The summed E-state index contributed by atoms with van der Waals surface area (Å²) < 4.78 is 0. The van der Waals surface area contributed by atoms with Gasteiger partial charge in [-0.15, -0.1) is 0 Å². The monoisotopic (exact) mass is 307 g/mol. The summed E-state index contributed by atoms with van der Waals surface area (Å²) in [4.78, 5) is 24.7. The Labute approximate surface area is 135 Å².